The number of carbonyl (C=O) groups is 1. The number of hydrogen-bond donors (Lipinski definition) is 3. The van der Waals surface area contributed by atoms with E-state index in [2.05, 4.69) is 25.6 Å². The minimum Gasteiger partial charge on any atom is -0.398 e. The SMILES string of the molecule is NC(=O)c1ccc(S(=O)(=O)Nc2ccc(Br)cn2)c(N)c1. The Labute approximate surface area is 129 Å². The highest BCUT2D eigenvalue weighted by Gasteiger charge is 2.19. The van der Waals surface area contributed by atoms with Crippen molar-refractivity contribution in [2.75, 3.05) is 10.5 Å². The van der Waals surface area contributed by atoms with Crippen LogP contribution in [-0.2, 0) is 10.0 Å². The normalized spacial score (nSPS) is 11.1. The third-order valence-corrected chi connectivity index (χ3v) is 4.45. The van der Waals surface area contributed by atoms with Crippen LogP contribution in [0.2, 0.25) is 0 Å². The third-order valence-electron chi connectivity index (χ3n) is 2.55. The van der Waals surface area contributed by atoms with E-state index in [4.69, 9.17) is 11.5 Å². The number of nitrogens with zero attached hydrogens (tertiary/aromatic N) is 1. The molecule has 0 fully saturated rings. The first kappa shape index (κ1) is 15.3. The summed E-state index contributed by atoms with van der Waals surface area (Å²) in [5.74, 6) is -0.537. The molecule has 0 radical (unpaired) electrons. The molecular formula is C12H11BrN4O3S. The number of benzene rings is 1. The van der Waals surface area contributed by atoms with Gasteiger partial charge in [0.1, 0.15) is 10.7 Å². The molecular weight excluding hydrogens is 360 g/mol. The van der Waals surface area contributed by atoms with E-state index < -0.39 is 15.9 Å². The third kappa shape index (κ3) is 3.50. The zero-order valence-electron chi connectivity index (χ0n) is 10.6. The van der Waals surface area contributed by atoms with Crippen molar-refractivity contribution in [1.82, 2.24) is 4.98 Å². The van der Waals surface area contributed by atoms with Gasteiger partial charge in [-0.1, -0.05) is 0 Å². The first-order valence-corrected chi connectivity index (χ1v) is 7.91. The molecule has 110 valence electrons. The van der Waals surface area contributed by atoms with Gasteiger partial charge >= 0.3 is 0 Å². The predicted molar refractivity (Wildman–Crippen MR) is 82.1 cm³/mol. The van der Waals surface area contributed by atoms with Crippen molar-refractivity contribution in [3.63, 3.8) is 0 Å². The van der Waals surface area contributed by atoms with Gasteiger partial charge in [-0.25, -0.2) is 13.4 Å². The van der Waals surface area contributed by atoms with E-state index in [1.54, 1.807) is 6.07 Å². The predicted octanol–water partition coefficient (Wildman–Crippen LogP) is 1.33. The number of aromatic nitrogens is 1. The van der Waals surface area contributed by atoms with Crippen LogP contribution in [-0.4, -0.2) is 19.3 Å². The van der Waals surface area contributed by atoms with Crippen LogP contribution < -0.4 is 16.2 Å². The zero-order chi connectivity index (χ0) is 15.6. The first-order valence-electron chi connectivity index (χ1n) is 5.63. The molecule has 1 heterocycles. The second-order valence-corrected chi connectivity index (χ2v) is 6.65. The van der Waals surface area contributed by atoms with Crippen molar-refractivity contribution in [3.8, 4) is 0 Å². The van der Waals surface area contributed by atoms with E-state index in [0.29, 0.717) is 0 Å². The van der Waals surface area contributed by atoms with Gasteiger partial charge in [0.25, 0.3) is 10.0 Å². The fraction of sp³-hybridized carbons (Fsp3) is 0. The van der Waals surface area contributed by atoms with Gasteiger partial charge in [0.05, 0.1) is 5.69 Å². The number of rotatable bonds is 4. The Kier molecular flexibility index (Phi) is 4.14. The van der Waals surface area contributed by atoms with Crippen molar-refractivity contribution in [3.05, 3.63) is 46.6 Å². The highest BCUT2D eigenvalue weighted by molar-refractivity contribution is 9.10. The summed E-state index contributed by atoms with van der Waals surface area (Å²) in [6.07, 6.45) is 1.46. The van der Waals surface area contributed by atoms with Crippen LogP contribution >= 0.6 is 15.9 Å². The molecule has 0 bridgehead atoms. The Morgan fingerprint density at radius 3 is 2.48 bits per heavy atom. The van der Waals surface area contributed by atoms with Crippen LogP contribution in [0.4, 0.5) is 11.5 Å². The Balaban J connectivity index is 2.35. The lowest BCUT2D eigenvalue weighted by atomic mass is 10.2. The number of pyridine rings is 1. The van der Waals surface area contributed by atoms with Crippen LogP contribution in [0.3, 0.4) is 0 Å². The van der Waals surface area contributed by atoms with Crippen LogP contribution in [0.25, 0.3) is 0 Å². The molecule has 0 atom stereocenters. The van der Waals surface area contributed by atoms with Gasteiger partial charge in [-0.3, -0.25) is 9.52 Å². The molecule has 21 heavy (non-hydrogen) atoms. The maximum absolute atomic E-state index is 12.2. The molecule has 1 aromatic heterocycles. The largest absolute Gasteiger partial charge is 0.398 e. The smallest absolute Gasteiger partial charge is 0.265 e. The highest BCUT2D eigenvalue weighted by Crippen LogP contribution is 2.22. The molecule has 0 spiro atoms. The standard InChI is InChI=1S/C12H11BrN4O3S/c13-8-2-4-11(16-6-8)17-21(19,20)10-3-1-7(12(15)18)5-9(10)14/h1-6H,14H2,(H2,15,18)(H,16,17). The summed E-state index contributed by atoms with van der Waals surface area (Å²) < 4.78 is 27.5. The van der Waals surface area contributed by atoms with Crippen molar-refractivity contribution in [1.29, 1.82) is 0 Å². The average Bonchev–Trinajstić information content (AvgIpc) is 2.40. The van der Waals surface area contributed by atoms with Crippen LogP contribution in [0.1, 0.15) is 10.4 Å². The summed E-state index contributed by atoms with van der Waals surface area (Å²) >= 11 is 3.20. The number of hydrogen-bond acceptors (Lipinski definition) is 5. The van der Waals surface area contributed by atoms with Crippen molar-refractivity contribution >= 4 is 43.4 Å². The highest BCUT2D eigenvalue weighted by atomic mass is 79.9. The van der Waals surface area contributed by atoms with E-state index in [1.807, 2.05) is 0 Å². The number of nitrogens with two attached hydrogens (primary N) is 2. The lowest BCUT2D eigenvalue weighted by Crippen LogP contribution is -2.17. The Bertz CT molecular complexity index is 791. The Morgan fingerprint density at radius 2 is 1.95 bits per heavy atom. The quantitative estimate of drug-likeness (QED) is 0.699. The van der Waals surface area contributed by atoms with Gasteiger partial charge in [-0.15, -0.1) is 0 Å². The molecule has 5 N–H and O–H groups in total. The van der Waals surface area contributed by atoms with Crippen molar-refractivity contribution in [2.45, 2.75) is 4.90 Å². The summed E-state index contributed by atoms with van der Waals surface area (Å²) in [7, 11) is -3.90. The summed E-state index contributed by atoms with van der Waals surface area (Å²) in [5.41, 5.74) is 10.8. The Hall–Kier alpha value is -2.13. The average molecular weight is 371 g/mol. The Morgan fingerprint density at radius 1 is 1.24 bits per heavy atom. The number of halogens is 1. The molecule has 0 unspecified atom stereocenters. The molecule has 0 aliphatic carbocycles. The van der Waals surface area contributed by atoms with Crippen LogP contribution in [0.5, 0.6) is 0 Å². The topological polar surface area (TPSA) is 128 Å². The molecule has 2 rings (SSSR count). The van der Waals surface area contributed by atoms with Gasteiger partial charge in [0, 0.05) is 16.2 Å². The number of nitrogen functional groups attached to an aromatic ring is 1. The second-order valence-electron chi connectivity index (χ2n) is 4.08. The maximum Gasteiger partial charge on any atom is 0.265 e. The van der Waals surface area contributed by atoms with E-state index in [0.717, 1.165) is 4.47 Å². The molecule has 1 amide bonds. The zero-order valence-corrected chi connectivity index (χ0v) is 13.0. The fourth-order valence-corrected chi connectivity index (χ4v) is 2.93. The molecule has 0 aliphatic heterocycles. The first-order chi connectivity index (χ1) is 9.79. The molecule has 0 aliphatic rings. The number of anilines is 2. The molecule has 0 saturated heterocycles. The van der Waals surface area contributed by atoms with Gasteiger partial charge in [-0.2, -0.15) is 0 Å². The molecule has 9 heteroatoms. The number of nitrogens with one attached hydrogen (secondary N) is 1. The fourth-order valence-electron chi connectivity index (χ4n) is 1.58. The van der Waals surface area contributed by atoms with Crippen LogP contribution in [0, 0.1) is 0 Å². The van der Waals surface area contributed by atoms with Crippen LogP contribution in [0.15, 0.2) is 45.9 Å². The molecule has 2 aromatic rings. The summed E-state index contributed by atoms with van der Waals surface area (Å²) in [5, 5.41) is 0. The van der Waals surface area contributed by atoms with E-state index in [9.17, 15) is 13.2 Å². The second kappa shape index (κ2) is 5.70. The summed E-state index contributed by atoms with van der Waals surface area (Å²) in [6.45, 7) is 0. The molecule has 7 nitrogen and oxygen atoms in total. The van der Waals surface area contributed by atoms with Gasteiger partial charge in [0.2, 0.25) is 5.91 Å². The monoisotopic (exact) mass is 370 g/mol. The van der Waals surface area contributed by atoms with Crippen molar-refractivity contribution < 1.29 is 13.2 Å². The summed E-state index contributed by atoms with van der Waals surface area (Å²) in [4.78, 5) is 14.8. The maximum atomic E-state index is 12.2. The van der Waals surface area contributed by atoms with Gasteiger partial charge in [-0.05, 0) is 46.3 Å². The molecule has 1 aromatic carbocycles. The number of sulfonamides is 1. The molecule has 0 saturated carbocycles. The van der Waals surface area contributed by atoms with Crippen molar-refractivity contribution in [2.24, 2.45) is 5.73 Å². The number of primary amides is 1. The lowest BCUT2D eigenvalue weighted by Gasteiger charge is -2.10. The van der Waals surface area contributed by atoms with E-state index in [1.165, 1.54) is 30.5 Å². The van der Waals surface area contributed by atoms with E-state index in [-0.39, 0.29) is 22.0 Å². The summed E-state index contributed by atoms with van der Waals surface area (Å²) in [6, 6.07) is 6.87. The number of amides is 1. The van der Waals surface area contributed by atoms with Gasteiger partial charge in [0.15, 0.2) is 0 Å². The van der Waals surface area contributed by atoms with E-state index >= 15 is 0 Å². The minimum absolute atomic E-state index is 0.0732. The minimum atomic E-state index is -3.90. The lowest BCUT2D eigenvalue weighted by molar-refractivity contribution is 0.1000. The van der Waals surface area contributed by atoms with Gasteiger partial charge < -0.3 is 11.5 Å². The number of carbonyl (C=O) groups excluding carboxylic acids is 1.